The fourth-order valence-corrected chi connectivity index (χ4v) is 3.35. The Labute approximate surface area is 110 Å². The molecule has 4 heteroatoms. The fourth-order valence-electron chi connectivity index (χ4n) is 3.35. The van der Waals surface area contributed by atoms with Gasteiger partial charge < -0.3 is 10.2 Å². The third-order valence-electron chi connectivity index (χ3n) is 4.79. The van der Waals surface area contributed by atoms with Crippen molar-refractivity contribution in [3.63, 3.8) is 0 Å². The Balaban J connectivity index is 0.00000108. The largest absolute Gasteiger partial charge is 0.342 e. The van der Waals surface area contributed by atoms with E-state index < -0.39 is 0 Å². The van der Waals surface area contributed by atoms with Gasteiger partial charge in [0, 0.05) is 19.0 Å². The van der Waals surface area contributed by atoms with Gasteiger partial charge in [-0.3, -0.25) is 4.79 Å². The third kappa shape index (κ3) is 2.60. The van der Waals surface area contributed by atoms with Gasteiger partial charge in [0.15, 0.2) is 0 Å². The number of hydrogen-bond acceptors (Lipinski definition) is 2. The first-order valence-electron chi connectivity index (χ1n) is 6.84. The maximum Gasteiger partial charge on any atom is 0.225 e. The molecule has 98 valence electrons. The van der Waals surface area contributed by atoms with Gasteiger partial charge in [0.2, 0.25) is 5.91 Å². The Bertz CT molecular complexity index is 267. The molecule has 3 aliphatic rings. The van der Waals surface area contributed by atoms with Crippen LogP contribution in [-0.4, -0.2) is 37.0 Å². The Morgan fingerprint density at radius 3 is 2.06 bits per heavy atom. The van der Waals surface area contributed by atoms with Crippen LogP contribution in [0, 0.1) is 17.8 Å². The van der Waals surface area contributed by atoms with Crippen LogP contribution in [0.15, 0.2) is 0 Å². The first-order valence-corrected chi connectivity index (χ1v) is 6.84. The van der Waals surface area contributed by atoms with Crippen molar-refractivity contribution < 1.29 is 4.79 Å². The number of carbonyl (C=O) groups excluding carboxylic acids is 1. The number of amides is 1. The fraction of sp³-hybridized carbons (Fsp3) is 0.923. The topological polar surface area (TPSA) is 32.3 Å². The zero-order chi connectivity index (χ0) is 11.0. The van der Waals surface area contributed by atoms with E-state index in [1.54, 1.807) is 0 Å². The summed E-state index contributed by atoms with van der Waals surface area (Å²) in [6.45, 7) is 4.38. The number of hydrogen-bond donors (Lipinski definition) is 1. The number of halogens is 1. The first-order chi connectivity index (χ1) is 7.84. The highest BCUT2D eigenvalue weighted by Gasteiger charge is 2.34. The van der Waals surface area contributed by atoms with E-state index in [0.717, 1.165) is 37.8 Å². The van der Waals surface area contributed by atoms with Gasteiger partial charge in [-0.2, -0.15) is 0 Å². The molecule has 0 spiro atoms. The van der Waals surface area contributed by atoms with Crippen molar-refractivity contribution in [3.8, 4) is 0 Å². The van der Waals surface area contributed by atoms with Crippen LogP contribution in [0.25, 0.3) is 0 Å². The summed E-state index contributed by atoms with van der Waals surface area (Å²) in [5.74, 6) is 2.51. The molecule has 2 aliphatic heterocycles. The van der Waals surface area contributed by atoms with E-state index in [9.17, 15) is 4.79 Å². The summed E-state index contributed by atoms with van der Waals surface area (Å²) in [4.78, 5) is 14.3. The average Bonchev–Trinajstić information content (AvgIpc) is 2.55. The summed E-state index contributed by atoms with van der Waals surface area (Å²) in [6, 6.07) is 0. The molecule has 0 aromatic heterocycles. The number of nitrogens with zero attached hydrogens (tertiary/aromatic N) is 1. The Morgan fingerprint density at radius 2 is 1.59 bits per heavy atom. The van der Waals surface area contributed by atoms with Crippen molar-refractivity contribution in [1.29, 1.82) is 0 Å². The molecule has 3 nitrogen and oxygen atoms in total. The molecule has 3 fully saturated rings. The Hall–Kier alpha value is -0.280. The summed E-state index contributed by atoms with van der Waals surface area (Å²) in [7, 11) is 0. The average molecular weight is 259 g/mol. The van der Waals surface area contributed by atoms with Crippen LogP contribution >= 0.6 is 12.4 Å². The van der Waals surface area contributed by atoms with Crippen molar-refractivity contribution in [1.82, 2.24) is 10.2 Å². The lowest BCUT2D eigenvalue weighted by molar-refractivity contribution is -0.138. The van der Waals surface area contributed by atoms with E-state index in [4.69, 9.17) is 0 Å². The molecule has 17 heavy (non-hydrogen) atoms. The van der Waals surface area contributed by atoms with Gasteiger partial charge in [-0.15, -0.1) is 12.4 Å². The zero-order valence-corrected chi connectivity index (χ0v) is 11.2. The van der Waals surface area contributed by atoms with Crippen LogP contribution in [-0.2, 0) is 4.79 Å². The van der Waals surface area contributed by atoms with Crippen molar-refractivity contribution in [2.24, 2.45) is 17.8 Å². The minimum Gasteiger partial charge on any atom is -0.342 e. The highest BCUT2D eigenvalue weighted by atomic mass is 35.5. The van der Waals surface area contributed by atoms with Crippen molar-refractivity contribution in [3.05, 3.63) is 0 Å². The van der Waals surface area contributed by atoms with Gasteiger partial charge in [0.25, 0.3) is 0 Å². The van der Waals surface area contributed by atoms with Crippen LogP contribution in [0.2, 0.25) is 0 Å². The SMILES string of the molecule is Cl.O=C(C1CCC1)N1CC[C@@H]2CNC[C@@H]2CC1. The van der Waals surface area contributed by atoms with Gasteiger partial charge in [0.05, 0.1) is 0 Å². The lowest BCUT2D eigenvalue weighted by Crippen LogP contribution is -2.39. The lowest BCUT2D eigenvalue weighted by Gasteiger charge is -2.31. The van der Waals surface area contributed by atoms with Crippen LogP contribution < -0.4 is 5.32 Å². The molecular formula is C13H23ClN2O. The predicted molar refractivity (Wildman–Crippen MR) is 70.3 cm³/mol. The second kappa shape index (κ2) is 5.57. The molecule has 1 aliphatic carbocycles. The molecule has 0 unspecified atom stereocenters. The van der Waals surface area contributed by atoms with E-state index in [-0.39, 0.29) is 12.4 Å². The number of fused-ring (bicyclic) bond motifs is 1. The standard InChI is InChI=1S/C13H22N2O.ClH/c16-13(10-2-1-3-10)15-6-4-11-8-14-9-12(11)5-7-15;/h10-12,14H,1-9H2;1H/t11-,12+;. The van der Waals surface area contributed by atoms with E-state index in [0.29, 0.717) is 11.8 Å². The number of carbonyl (C=O) groups is 1. The quantitative estimate of drug-likeness (QED) is 0.776. The molecule has 0 radical (unpaired) electrons. The smallest absolute Gasteiger partial charge is 0.225 e. The molecule has 1 N–H and O–H groups in total. The molecule has 0 aromatic rings. The van der Waals surface area contributed by atoms with Gasteiger partial charge in [0.1, 0.15) is 0 Å². The van der Waals surface area contributed by atoms with Crippen LogP contribution in [0.4, 0.5) is 0 Å². The molecule has 2 saturated heterocycles. The molecule has 0 aromatic carbocycles. The highest BCUT2D eigenvalue weighted by molar-refractivity contribution is 5.85. The number of nitrogens with one attached hydrogen (secondary N) is 1. The molecule has 0 bridgehead atoms. The highest BCUT2D eigenvalue weighted by Crippen LogP contribution is 2.31. The van der Waals surface area contributed by atoms with Crippen molar-refractivity contribution in [2.75, 3.05) is 26.2 Å². The monoisotopic (exact) mass is 258 g/mol. The Morgan fingerprint density at radius 1 is 1.00 bits per heavy atom. The molecule has 2 heterocycles. The van der Waals surface area contributed by atoms with Crippen LogP contribution in [0.1, 0.15) is 32.1 Å². The van der Waals surface area contributed by atoms with Crippen molar-refractivity contribution in [2.45, 2.75) is 32.1 Å². The summed E-state index contributed by atoms with van der Waals surface area (Å²) in [5.41, 5.74) is 0. The van der Waals surface area contributed by atoms with Gasteiger partial charge in [-0.1, -0.05) is 6.42 Å². The van der Waals surface area contributed by atoms with Crippen LogP contribution in [0.3, 0.4) is 0 Å². The van der Waals surface area contributed by atoms with E-state index in [1.165, 1.54) is 32.4 Å². The lowest BCUT2D eigenvalue weighted by atomic mass is 9.84. The minimum absolute atomic E-state index is 0. The number of likely N-dealkylation sites (tertiary alicyclic amines) is 1. The second-order valence-corrected chi connectivity index (χ2v) is 5.71. The van der Waals surface area contributed by atoms with Gasteiger partial charge in [-0.05, 0) is 50.6 Å². The molecular weight excluding hydrogens is 236 g/mol. The zero-order valence-electron chi connectivity index (χ0n) is 10.4. The summed E-state index contributed by atoms with van der Waals surface area (Å²) >= 11 is 0. The molecule has 1 saturated carbocycles. The van der Waals surface area contributed by atoms with E-state index in [2.05, 4.69) is 10.2 Å². The molecule has 2 atom stereocenters. The first kappa shape index (κ1) is 13.2. The van der Waals surface area contributed by atoms with Crippen molar-refractivity contribution >= 4 is 18.3 Å². The molecule has 1 amide bonds. The maximum atomic E-state index is 12.2. The number of rotatable bonds is 1. The normalized spacial score (nSPS) is 33.3. The molecule has 3 rings (SSSR count). The second-order valence-electron chi connectivity index (χ2n) is 5.71. The van der Waals surface area contributed by atoms with Crippen LogP contribution in [0.5, 0.6) is 0 Å². The third-order valence-corrected chi connectivity index (χ3v) is 4.79. The Kier molecular flexibility index (Phi) is 4.31. The predicted octanol–water partition coefficient (Wildman–Crippen LogP) is 1.67. The summed E-state index contributed by atoms with van der Waals surface area (Å²) in [6.07, 6.45) is 5.99. The van der Waals surface area contributed by atoms with E-state index >= 15 is 0 Å². The summed E-state index contributed by atoms with van der Waals surface area (Å²) < 4.78 is 0. The van der Waals surface area contributed by atoms with Gasteiger partial charge >= 0.3 is 0 Å². The van der Waals surface area contributed by atoms with E-state index in [1.807, 2.05) is 0 Å². The van der Waals surface area contributed by atoms with Gasteiger partial charge in [-0.25, -0.2) is 0 Å². The minimum atomic E-state index is 0. The summed E-state index contributed by atoms with van der Waals surface area (Å²) in [5, 5.41) is 3.48. The maximum absolute atomic E-state index is 12.2.